The van der Waals surface area contributed by atoms with Crippen molar-refractivity contribution in [2.24, 2.45) is 17.2 Å². The normalized spacial score (nSPS) is 15.7. The molecule has 2 unspecified atom stereocenters. The van der Waals surface area contributed by atoms with E-state index >= 15 is 0 Å². The molecule has 3 N–H and O–H groups in total. The summed E-state index contributed by atoms with van der Waals surface area (Å²) in [6, 6.07) is 0.327. The van der Waals surface area contributed by atoms with E-state index < -0.39 is 0 Å². The van der Waals surface area contributed by atoms with E-state index in [2.05, 4.69) is 43.5 Å². The van der Waals surface area contributed by atoms with Crippen LogP contribution in [0.2, 0.25) is 0 Å². The molecule has 0 saturated heterocycles. The monoisotopic (exact) mass is 269 g/mol. The van der Waals surface area contributed by atoms with Gasteiger partial charge in [0.15, 0.2) is 0 Å². The Bertz CT molecular complexity index is 354. The number of nitrogens with two attached hydrogens (primary N) is 1. The van der Waals surface area contributed by atoms with E-state index in [1.165, 1.54) is 11.4 Å². The smallest absolute Gasteiger partial charge is 0.0944 e. The lowest BCUT2D eigenvalue weighted by molar-refractivity contribution is 0.274. The van der Waals surface area contributed by atoms with Crippen LogP contribution in [-0.4, -0.2) is 11.0 Å². The number of rotatable bonds is 6. The molecule has 4 heteroatoms. The zero-order valence-corrected chi connectivity index (χ0v) is 13.1. The molecular formula is C14H27N3S. The minimum Gasteiger partial charge on any atom is -0.271 e. The first-order chi connectivity index (χ1) is 8.30. The molecule has 1 rings (SSSR count). The van der Waals surface area contributed by atoms with E-state index in [1.54, 1.807) is 11.3 Å². The molecule has 0 amide bonds. The highest BCUT2D eigenvalue weighted by molar-refractivity contribution is 7.09. The summed E-state index contributed by atoms with van der Waals surface area (Å²) in [5.74, 6) is 6.34. The predicted octanol–water partition coefficient (Wildman–Crippen LogP) is 3.29. The van der Waals surface area contributed by atoms with Crippen LogP contribution in [0.5, 0.6) is 0 Å². The third kappa shape index (κ3) is 5.94. The number of nitrogens with zero attached hydrogens (tertiary/aromatic N) is 1. The van der Waals surface area contributed by atoms with Crippen LogP contribution in [0.25, 0.3) is 0 Å². The van der Waals surface area contributed by atoms with Crippen molar-refractivity contribution < 1.29 is 0 Å². The van der Waals surface area contributed by atoms with Gasteiger partial charge in [-0.1, -0.05) is 27.7 Å². The second kappa shape index (κ2) is 6.64. The van der Waals surface area contributed by atoms with E-state index in [0.717, 1.165) is 18.5 Å². The van der Waals surface area contributed by atoms with E-state index in [9.17, 15) is 0 Å². The summed E-state index contributed by atoms with van der Waals surface area (Å²) in [5, 5.41) is 3.28. The van der Waals surface area contributed by atoms with Crippen molar-refractivity contribution >= 4 is 11.3 Å². The average Bonchev–Trinajstić information content (AvgIpc) is 2.60. The number of nitrogens with one attached hydrogen (secondary N) is 1. The fourth-order valence-corrected chi connectivity index (χ4v) is 3.39. The second-order valence-electron chi connectivity index (χ2n) is 6.56. The van der Waals surface area contributed by atoms with Crippen molar-refractivity contribution in [2.45, 2.75) is 59.9 Å². The number of hydrogen-bond acceptors (Lipinski definition) is 4. The van der Waals surface area contributed by atoms with Gasteiger partial charge in [0.1, 0.15) is 0 Å². The Balaban J connectivity index is 2.46. The average molecular weight is 269 g/mol. The van der Waals surface area contributed by atoms with Gasteiger partial charge in [-0.2, -0.15) is 0 Å². The van der Waals surface area contributed by atoms with Crippen molar-refractivity contribution in [3.63, 3.8) is 0 Å². The lowest BCUT2D eigenvalue weighted by atomic mass is 9.82. The maximum Gasteiger partial charge on any atom is 0.0944 e. The van der Waals surface area contributed by atoms with Gasteiger partial charge < -0.3 is 0 Å². The van der Waals surface area contributed by atoms with Crippen LogP contribution in [0.3, 0.4) is 0 Å². The van der Waals surface area contributed by atoms with Crippen molar-refractivity contribution in [3.8, 4) is 0 Å². The first-order valence-corrected chi connectivity index (χ1v) is 7.55. The Morgan fingerprint density at radius 2 is 2.11 bits per heavy atom. The zero-order valence-electron chi connectivity index (χ0n) is 12.3. The minimum atomic E-state index is 0.327. The molecule has 0 aliphatic rings. The molecule has 18 heavy (non-hydrogen) atoms. The Morgan fingerprint density at radius 3 is 2.56 bits per heavy atom. The van der Waals surface area contributed by atoms with Gasteiger partial charge >= 0.3 is 0 Å². The molecule has 0 saturated carbocycles. The number of hydrogen-bond donors (Lipinski definition) is 2. The molecule has 1 heterocycles. The summed E-state index contributed by atoms with van der Waals surface area (Å²) >= 11 is 1.73. The summed E-state index contributed by atoms with van der Waals surface area (Å²) in [7, 11) is 0. The Morgan fingerprint density at radius 1 is 1.44 bits per heavy atom. The summed E-state index contributed by atoms with van der Waals surface area (Å²) in [5.41, 5.74) is 4.43. The van der Waals surface area contributed by atoms with Crippen molar-refractivity contribution in [2.75, 3.05) is 0 Å². The topological polar surface area (TPSA) is 50.9 Å². The van der Waals surface area contributed by atoms with Crippen LogP contribution in [-0.2, 0) is 6.42 Å². The highest BCUT2D eigenvalue weighted by Gasteiger charge is 2.19. The third-order valence-electron chi connectivity index (χ3n) is 2.97. The Kier molecular flexibility index (Phi) is 5.76. The summed E-state index contributed by atoms with van der Waals surface area (Å²) < 4.78 is 0. The minimum absolute atomic E-state index is 0.327. The fourth-order valence-electron chi connectivity index (χ4n) is 2.53. The van der Waals surface area contributed by atoms with Crippen LogP contribution >= 0.6 is 11.3 Å². The fraction of sp³-hybridized carbons (Fsp3) is 0.786. The van der Waals surface area contributed by atoms with Crippen LogP contribution in [0, 0.1) is 18.3 Å². The number of thiazole rings is 1. The predicted molar refractivity (Wildman–Crippen MR) is 79.5 cm³/mol. The molecule has 3 nitrogen and oxygen atoms in total. The lowest BCUT2D eigenvalue weighted by Crippen LogP contribution is -2.38. The lowest BCUT2D eigenvalue weighted by Gasteiger charge is -2.26. The largest absolute Gasteiger partial charge is 0.271 e. The van der Waals surface area contributed by atoms with Crippen LogP contribution < -0.4 is 11.3 Å². The van der Waals surface area contributed by atoms with Gasteiger partial charge in [0.05, 0.1) is 5.01 Å². The molecule has 104 valence electrons. The van der Waals surface area contributed by atoms with Gasteiger partial charge in [0.2, 0.25) is 0 Å². The molecule has 0 aliphatic heterocycles. The van der Waals surface area contributed by atoms with Crippen LogP contribution in [0.1, 0.15) is 51.2 Å². The number of aryl methyl sites for hydroxylation is 1. The van der Waals surface area contributed by atoms with E-state index in [-0.39, 0.29) is 0 Å². The molecule has 0 aromatic carbocycles. The first kappa shape index (κ1) is 15.6. The second-order valence-corrected chi connectivity index (χ2v) is 7.50. The van der Waals surface area contributed by atoms with E-state index in [1.807, 2.05) is 6.92 Å². The third-order valence-corrected chi connectivity index (χ3v) is 3.96. The van der Waals surface area contributed by atoms with Crippen LogP contribution in [0.4, 0.5) is 0 Å². The molecule has 0 aliphatic carbocycles. The maximum atomic E-state index is 5.67. The molecule has 2 atom stereocenters. The number of hydrazine groups is 1. The summed E-state index contributed by atoms with van der Waals surface area (Å²) in [6.45, 7) is 11.2. The molecule has 0 radical (unpaired) electrons. The van der Waals surface area contributed by atoms with E-state index in [0.29, 0.717) is 17.4 Å². The highest BCUT2D eigenvalue weighted by Crippen LogP contribution is 2.27. The van der Waals surface area contributed by atoms with Gasteiger partial charge in [0.25, 0.3) is 0 Å². The summed E-state index contributed by atoms with van der Waals surface area (Å²) in [4.78, 5) is 4.50. The quantitative estimate of drug-likeness (QED) is 0.615. The van der Waals surface area contributed by atoms with Gasteiger partial charge in [-0.05, 0) is 31.1 Å². The Hall–Kier alpha value is -0.450. The molecule has 1 aromatic heterocycles. The summed E-state index contributed by atoms with van der Waals surface area (Å²) in [6.07, 6.45) is 3.26. The van der Waals surface area contributed by atoms with Crippen molar-refractivity contribution in [1.82, 2.24) is 10.4 Å². The molecule has 1 aromatic rings. The highest BCUT2D eigenvalue weighted by atomic mass is 32.1. The molecule has 0 bridgehead atoms. The van der Waals surface area contributed by atoms with Crippen molar-refractivity contribution in [3.05, 3.63) is 16.1 Å². The standard InChI is InChI=1S/C14H27N3S/c1-10(8-14(3,4)5)6-12(17-15)7-13-16-11(2)9-18-13/h9-10,12,17H,6-8,15H2,1-5H3. The molecule has 0 fully saturated rings. The molecule has 0 spiro atoms. The molecular weight excluding hydrogens is 242 g/mol. The Labute approximate surface area is 115 Å². The van der Waals surface area contributed by atoms with Gasteiger partial charge in [0, 0.05) is 23.5 Å². The van der Waals surface area contributed by atoms with Crippen LogP contribution in [0.15, 0.2) is 5.38 Å². The first-order valence-electron chi connectivity index (χ1n) is 6.67. The number of aromatic nitrogens is 1. The van der Waals surface area contributed by atoms with Gasteiger partial charge in [-0.25, -0.2) is 4.98 Å². The van der Waals surface area contributed by atoms with Gasteiger partial charge in [-0.15, -0.1) is 11.3 Å². The SMILES string of the molecule is Cc1csc(CC(CC(C)CC(C)(C)C)NN)n1. The van der Waals surface area contributed by atoms with Crippen molar-refractivity contribution in [1.29, 1.82) is 0 Å². The zero-order chi connectivity index (χ0) is 13.8. The van der Waals surface area contributed by atoms with Gasteiger partial charge in [-0.3, -0.25) is 11.3 Å². The van der Waals surface area contributed by atoms with E-state index in [4.69, 9.17) is 5.84 Å². The maximum absolute atomic E-state index is 5.67.